The third-order valence-corrected chi connectivity index (χ3v) is 3.37. The Morgan fingerprint density at radius 2 is 1.93 bits per heavy atom. The van der Waals surface area contributed by atoms with Crippen LogP contribution in [0.4, 0.5) is 23.8 Å². The summed E-state index contributed by atoms with van der Waals surface area (Å²) in [6, 6.07) is 5.58. The summed E-state index contributed by atoms with van der Waals surface area (Å²) in [5.74, 6) is -2.37. The summed E-state index contributed by atoms with van der Waals surface area (Å²) in [5, 5.41) is 5.57. The zero-order valence-corrected chi connectivity index (χ0v) is 14.3. The van der Waals surface area contributed by atoms with E-state index in [1.165, 1.54) is 30.5 Å². The van der Waals surface area contributed by atoms with Gasteiger partial charge in [0.05, 0.1) is 0 Å². The summed E-state index contributed by atoms with van der Waals surface area (Å²) >= 11 is 0. The molecule has 3 aromatic rings. The third-order valence-electron chi connectivity index (χ3n) is 3.37. The lowest BCUT2D eigenvalue weighted by atomic mass is 10.2. The molecule has 150 valence electrons. The summed E-state index contributed by atoms with van der Waals surface area (Å²) in [6.07, 6.45) is -3.09. The van der Waals surface area contributed by atoms with Gasteiger partial charge in [0.1, 0.15) is 18.1 Å². The number of primary amides is 1. The molecule has 10 nitrogen and oxygen atoms in total. The molecule has 0 aliphatic rings. The van der Waals surface area contributed by atoms with Gasteiger partial charge in [-0.25, -0.2) is 9.78 Å². The lowest BCUT2D eigenvalue weighted by molar-refractivity contribution is -0.159. The fourth-order valence-corrected chi connectivity index (χ4v) is 2.00. The van der Waals surface area contributed by atoms with Crippen LogP contribution in [-0.2, 0) is 17.5 Å². The summed E-state index contributed by atoms with van der Waals surface area (Å²) < 4.78 is 46.5. The zero-order valence-electron chi connectivity index (χ0n) is 14.3. The Kier molecular flexibility index (Phi) is 5.38. The Hall–Kier alpha value is -4.03. The van der Waals surface area contributed by atoms with E-state index in [4.69, 9.17) is 10.5 Å². The largest absolute Gasteiger partial charge is 0.471 e. The highest BCUT2D eigenvalue weighted by Crippen LogP contribution is 2.29. The maximum atomic E-state index is 12.5. The number of nitrogens with zero attached hydrogens (tertiary/aromatic N) is 4. The fourth-order valence-electron chi connectivity index (χ4n) is 2.00. The smallest absolute Gasteiger partial charge is 0.444 e. The Bertz CT molecular complexity index is 1020. The summed E-state index contributed by atoms with van der Waals surface area (Å²) in [5.41, 5.74) is 5.82. The van der Waals surface area contributed by atoms with E-state index in [-0.39, 0.29) is 29.5 Å². The Morgan fingerprint density at radius 3 is 2.48 bits per heavy atom. The lowest BCUT2D eigenvalue weighted by Gasteiger charge is -2.07. The summed E-state index contributed by atoms with van der Waals surface area (Å²) in [7, 11) is 0. The van der Waals surface area contributed by atoms with Crippen molar-refractivity contribution in [2.75, 3.05) is 5.32 Å². The maximum Gasteiger partial charge on any atom is 0.471 e. The maximum absolute atomic E-state index is 12.5. The van der Waals surface area contributed by atoms with Crippen LogP contribution < -0.4 is 11.1 Å². The first-order valence-corrected chi connectivity index (χ1v) is 7.78. The van der Waals surface area contributed by atoms with Crippen LogP contribution >= 0.6 is 0 Å². The topological polar surface area (TPSA) is 146 Å². The monoisotopic (exact) mass is 408 g/mol. The lowest BCUT2D eigenvalue weighted by Crippen LogP contribution is -2.15. The van der Waals surface area contributed by atoms with E-state index in [0.717, 1.165) is 6.20 Å². The normalized spacial score (nSPS) is 11.1. The molecular weight excluding hydrogens is 397 g/mol. The molecule has 0 saturated carbocycles. The van der Waals surface area contributed by atoms with Crippen LogP contribution in [0.2, 0.25) is 0 Å². The van der Waals surface area contributed by atoms with Gasteiger partial charge in [0.25, 0.3) is 5.91 Å². The minimum atomic E-state index is -4.75. The molecule has 0 radical (unpaired) electrons. The second-order valence-electron chi connectivity index (χ2n) is 5.47. The van der Waals surface area contributed by atoms with Crippen LogP contribution in [0.25, 0.3) is 11.4 Å². The summed E-state index contributed by atoms with van der Waals surface area (Å²) in [4.78, 5) is 33.6. The molecule has 13 heteroatoms. The number of halogens is 3. The van der Waals surface area contributed by atoms with E-state index in [0.29, 0.717) is 5.56 Å². The predicted octanol–water partition coefficient (Wildman–Crippen LogP) is 2.39. The molecule has 2 amide bonds. The Balaban J connectivity index is 1.55. The minimum Gasteiger partial charge on any atom is -0.444 e. The van der Waals surface area contributed by atoms with E-state index >= 15 is 0 Å². The highest BCUT2D eigenvalue weighted by molar-refractivity contribution is 5.90. The molecular formula is C16H11F3N6O4. The van der Waals surface area contributed by atoms with Crippen LogP contribution in [0.3, 0.4) is 0 Å². The predicted molar refractivity (Wildman–Crippen MR) is 89.1 cm³/mol. The van der Waals surface area contributed by atoms with E-state index < -0.39 is 24.1 Å². The van der Waals surface area contributed by atoms with Crippen molar-refractivity contribution in [2.24, 2.45) is 5.73 Å². The number of nitrogens with two attached hydrogens (primary N) is 1. The van der Waals surface area contributed by atoms with Crippen LogP contribution in [0, 0.1) is 0 Å². The molecule has 3 aromatic heterocycles. The molecule has 0 aliphatic heterocycles. The summed E-state index contributed by atoms with van der Waals surface area (Å²) in [6.45, 7) is -0.126. The van der Waals surface area contributed by atoms with E-state index in [2.05, 4.69) is 29.9 Å². The average molecular weight is 408 g/mol. The number of pyridine rings is 2. The van der Waals surface area contributed by atoms with Gasteiger partial charge in [-0.1, -0.05) is 11.2 Å². The van der Waals surface area contributed by atoms with Crippen molar-refractivity contribution in [1.82, 2.24) is 20.1 Å². The van der Waals surface area contributed by atoms with Gasteiger partial charge in [0.15, 0.2) is 0 Å². The van der Waals surface area contributed by atoms with E-state index in [9.17, 15) is 22.8 Å². The standard InChI is InChI=1S/C16H11F3N6O4/c17-16(18,19)14-24-13(25-29-14)9-2-4-11(22-6-9)23-15(27)28-7-8-1-3-10(12(20)26)21-5-8/h1-6H,7H2,(H2,20,26)(H,22,23,27). The van der Waals surface area contributed by atoms with Gasteiger partial charge in [0, 0.05) is 23.5 Å². The van der Waals surface area contributed by atoms with Crippen molar-refractivity contribution in [3.8, 4) is 11.4 Å². The number of hydrogen-bond acceptors (Lipinski definition) is 8. The van der Waals surface area contributed by atoms with Gasteiger partial charge in [-0.05, 0) is 18.2 Å². The van der Waals surface area contributed by atoms with Crippen LogP contribution in [0.5, 0.6) is 0 Å². The van der Waals surface area contributed by atoms with Gasteiger partial charge in [-0.3, -0.25) is 15.1 Å². The number of carbonyl (C=O) groups is 2. The number of amides is 2. The average Bonchev–Trinajstić information content (AvgIpc) is 3.18. The SMILES string of the molecule is NC(=O)c1ccc(COC(=O)Nc2ccc(-c3noc(C(F)(F)F)n3)cn2)cn1. The number of aromatic nitrogens is 4. The molecule has 3 N–H and O–H groups in total. The number of ether oxygens (including phenoxy) is 1. The highest BCUT2D eigenvalue weighted by Gasteiger charge is 2.38. The van der Waals surface area contributed by atoms with E-state index in [1.54, 1.807) is 0 Å². The number of anilines is 1. The Morgan fingerprint density at radius 1 is 1.14 bits per heavy atom. The molecule has 3 rings (SSSR count). The van der Waals surface area contributed by atoms with Gasteiger partial charge >= 0.3 is 18.2 Å². The molecule has 0 spiro atoms. The zero-order chi connectivity index (χ0) is 21.0. The van der Waals surface area contributed by atoms with Crippen molar-refractivity contribution in [1.29, 1.82) is 0 Å². The number of nitrogens with one attached hydrogen (secondary N) is 1. The third kappa shape index (κ3) is 5.03. The highest BCUT2D eigenvalue weighted by atomic mass is 19.4. The number of alkyl halides is 3. The molecule has 0 atom stereocenters. The van der Waals surface area contributed by atoms with Crippen molar-refractivity contribution in [2.45, 2.75) is 12.8 Å². The van der Waals surface area contributed by atoms with E-state index in [1.807, 2.05) is 0 Å². The fraction of sp³-hybridized carbons (Fsp3) is 0.125. The molecule has 0 saturated heterocycles. The van der Waals surface area contributed by atoms with Crippen LogP contribution in [0.1, 0.15) is 21.9 Å². The van der Waals surface area contributed by atoms with Gasteiger partial charge in [0.2, 0.25) is 5.82 Å². The molecule has 0 bridgehead atoms. The molecule has 3 heterocycles. The van der Waals surface area contributed by atoms with Gasteiger partial charge in [-0.15, -0.1) is 0 Å². The second-order valence-corrected chi connectivity index (χ2v) is 5.47. The molecule has 0 unspecified atom stereocenters. The van der Waals surface area contributed by atoms with Crippen molar-refractivity contribution in [3.63, 3.8) is 0 Å². The van der Waals surface area contributed by atoms with Gasteiger partial charge < -0.3 is 15.0 Å². The van der Waals surface area contributed by atoms with Gasteiger partial charge in [-0.2, -0.15) is 18.2 Å². The molecule has 0 fully saturated rings. The Labute approximate surface area is 159 Å². The first-order valence-electron chi connectivity index (χ1n) is 7.78. The molecule has 0 aromatic carbocycles. The molecule has 0 aliphatic carbocycles. The number of rotatable bonds is 5. The quantitative estimate of drug-likeness (QED) is 0.654. The number of hydrogen-bond donors (Lipinski definition) is 2. The number of carbonyl (C=O) groups excluding carboxylic acids is 2. The van der Waals surface area contributed by atoms with Crippen LogP contribution in [0.15, 0.2) is 41.2 Å². The van der Waals surface area contributed by atoms with Crippen LogP contribution in [-0.4, -0.2) is 32.1 Å². The van der Waals surface area contributed by atoms with Crippen molar-refractivity contribution >= 4 is 17.8 Å². The minimum absolute atomic E-state index is 0.0754. The van der Waals surface area contributed by atoms with Crippen molar-refractivity contribution in [3.05, 3.63) is 53.8 Å². The first-order chi connectivity index (χ1) is 13.7. The second kappa shape index (κ2) is 7.92. The molecule has 29 heavy (non-hydrogen) atoms. The first kappa shape index (κ1) is 19.7. The van der Waals surface area contributed by atoms with Crippen molar-refractivity contribution < 1.29 is 32.0 Å².